The molecule has 3 rings (SSSR count). The second-order valence-electron chi connectivity index (χ2n) is 6.80. The Morgan fingerprint density at radius 3 is 2.52 bits per heavy atom. The van der Waals surface area contributed by atoms with Gasteiger partial charge in [-0.05, 0) is 56.7 Å². The van der Waals surface area contributed by atoms with Crippen LogP contribution in [0.2, 0.25) is 0 Å². The molecule has 2 aromatic carbocycles. The average molecular weight is 411 g/mol. The second-order valence-corrected chi connectivity index (χ2v) is 7.85. The second kappa shape index (κ2) is 10.3. The summed E-state index contributed by atoms with van der Waals surface area (Å²) < 4.78 is 10.8. The zero-order valence-corrected chi connectivity index (χ0v) is 17.8. The van der Waals surface area contributed by atoms with Crippen molar-refractivity contribution in [3.05, 3.63) is 71.1 Å². The number of amides is 1. The number of nitrogens with one attached hydrogen (secondary N) is 1. The number of benzene rings is 2. The Labute approximate surface area is 175 Å². The third-order valence-electron chi connectivity index (χ3n) is 4.49. The zero-order valence-electron chi connectivity index (χ0n) is 17.0. The molecule has 0 fully saturated rings. The standard InChI is InChI=1S/C23H26N2O3S/c1-16-5-11-20(12-6-16)29-15-21-17(2)28-23(25-21)19-9-7-18(8-10-19)22(26)24-13-4-14-27-3/h5-12H,4,13-15H2,1-3H3,(H,24,26). The minimum atomic E-state index is -0.0913. The van der Waals surface area contributed by atoms with Gasteiger partial charge in [-0.2, -0.15) is 0 Å². The third-order valence-corrected chi connectivity index (χ3v) is 5.52. The molecule has 0 saturated carbocycles. The highest BCUT2D eigenvalue weighted by Crippen LogP contribution is 2.28. The lowest BCUT2D eigenvalue weighted by Crippen LogP contribution is -2.25. The molecule has 0 atom stereocenters. The minimum absolute atomic E-state index is 0.0913. The van der Waals surface area contributed by atoms with Crippen LogP contribution in [0, 0.1) is 13.8 Å². The van der Waals surface area contributed by atoms with E-state index in [-0.39, 0.29) is 5.91 Å². The number of oxazole rings is 1. The van der Waals surface area contributed by atoms with Gasteiger partial charge in [-0.25, -0.2) is 4.98 Å². The number of hydrogen-bond acceptors (Lipinski definition) is 5. The molecule has 0 spiro atoms. The largest absolute Gasteiger partial charge is 0.441 e. The summed E-state index contributed by atoms with van der Waals surface area (Å²) in [4.78, 5) is 18.0. The Kier molecular flexibility index (Phi) is 7.49. The maximum Gasteiger partial charge on any atom is 0.251 e. The van der Waals surface area contributed by atoms with Crippen molar-refractivity contribution < 1.29 is 13.9 Å². The van der Waals surface area contributed by atoms with Crippen LogP contribution in [-0.2, 0) is 10.5 Å². The number of carbonyl (C=O) groups excluding carboxylic acids is 1. The van der Waals surface area contributed by atoms with Gasteiger partial charge in [0.05, 0.1) is 5.69 Å². The molecule has 0 aliphatic rings. The zero-order chi connectivity index (χ0) is 20.6. The van der Waals surface area contributed by atoms with Crippen LogP contribution in [0.4, 0.5) is 0 Å². The Balaban J connectivity index is 1.61. The predicted octanol–water partition coefficient (Wildman–Crippen LogP) is 5.02. The van der Waals surface area contributed by atoms with Crippen LogP contribution in [-0.4, -0.2) is 31.2 Å². The molecule has 1 amide bonds. The summed E-state index contributed by atoms with van der Waals surface area (Å²) in [6.07, 6.45) is 0.791. The predicted molar refractivity (Wildman–Crippen MR) is 116 cm³/mol. The normalized spacial score (nSPS) is 10.9. The maximum atomic E-state index is 12.2. The van der Waals surface area contributed by atoms with Gasteiger partial charge in [0.2, 0.25) is 5.89 Å². The number of aryl methyl sites for hydroxylation is 2. The van der Waals surface area contributed by atoms with Gasteiger partial charge in [-0.1, -0.05) is 17.7 Å². The van der Waals surface area contributed by atoms with Gasteiger partial charge >= 0.3 is 0 Å². The van der Waals surface area contributed by atoms with E-state index < -0.39 is 0 Å². The highest BCUT2D eigenvalue weighted by molar-refractivity contribution is 7.98. The van der Waals surface area contributed by atoms with E-state index >= 15 is 0 Å². The van der Waals surface area contributed by atoms with Crippen LogP contribution in [0.5, 0.6) is 0 Å². The summed E-state index contributed by atoms with van der Waals surface area (Å²) in [5.74, 6) is 2.06. The molecule has 1 aromatic heterocycles. The molecule has 152 valence electrons. The van der Waals surface area contributed by atoms with Gasteiger partial charge in [0.1, 0.15) is 5.76 Å². The topological polar surface area (TPSA) is 64.4 Å². The van der Waals surface area contributed by atoms with E-state index in [1.54, 1.807) is 31.0 Å². The van der Waals surface area contributed by atoms with Crippen molar-refractivity contribution in [2.75, 3.05) is 20.3 Å². The first-order valence-electron chi connectivity index (χ1n) is 9.60. The van der Waals surface area contributed by atoms with Crippen molar-refractivity contribution >= 4 is 17.7 Å². The summed E-state index contributed by atoms with van der Waals surface area (Å²) in [7, 11) is 1.65. The number of hydrogen-bond donors (Lipinski definition) is 1. The first kappa shape index (κ1) is 21.1. The fourth-order valence-corrected chi connectivity index (χ4v) is 3.66. The Bertz CT molecular complexity index is 934. The average Bonchev–Trinajstić information content (AvgIpc) is 3.11. The molecule has 0 saturated heterocycles. The lowest BCUT2D eigenvalue weighted by Gasteiger charge is -2.05. The van der Waals surface area contributed by atoms with E-state index in [4.69, 9.17) is 9.15 Å². The van der Waals surface area contributed by atoms with Crippen LogP contribution in [0.1, 0.15) is 33.8 Å². The van der Waals surface area contributed by atoms with Gasteiger partial charge in [-0.3, -0.25) is 4.79 Å². The monoisotopic (exact) mass is 410 g/mol. The first-order chi connectivity index (χ1) is 14.1. The van der Waals surface area contributed by atoms with E-state index in [0.29, 0.717) is 24.6 Å². The number of rotatable bonds is 9. The van der Waals surface area contributed by atoms with Crippen molar-refractivity contribution in [2.24, 2.45) is 0 Å². The van der Waals surface area contributed by atoms with Crippen LogP contribution in [0.15, 0.2) is 57.8 Å². The maximum absolute atomic E-state index is 12.2. The van der Waals surface area contributed by atoms with E-state index in [1.807, 2.05) is 19.1 Å². The van der Waals surface area contributed by atoms with Crippen LogP contribution >= 0.6 is 11.8 Å². The van der Waals surface area contributed by atoms with Gasteiger partial charge < -0.3 is 14.5 Å². The van der Waals surface area contributed by atoms with Gasteiger partial charge in [0, 0.05) is 42.0 Å². The van der Waals surface area contributed by atoms with Crippen molar-refractivity contribution in [1.29, 1.82) is 0 Å². The van der Waals surface area contributed by atoms with Crippen LogP contribution in [0.3, 0.4) is 0 Å². The molecule has 0 unspecified atom stereocenters. The molecule has 0 aliphatic carbocycles. The lowest BCUT2D eigenvalue weighted by atomic mass is 10.1. The molecular formula is C23H26N2O3S. The molecule has 0 radical (unpaired) electrons. The van der Waals surface area contributed by atoms with Crippen molar-refractivity contribution in [3.8, 4) is 11.5 Å². The third kappa shape index (κ3) is 5.95. The van der Waals surface area contributed by atoms with Crippen molar-refractivity contribution in [2.45, 2.75) is 30.9 Å². The van der Waals surface area contributed by atoms with Gasteiger partial charge in [-0.15, -0.1) is 11.8 Å². The quantitative estimate of drug-likeness (QED) is 0.396. The number of ether oxygens (including phenoxy) is 1. The van der Waals surface area contributed by atoms with E-state index in [1.165, 1.54) is 10.5 Å². The number of thioether (sulfide) groups is 1. The summed E-state index contributed by atoms with van der Waals surface area (Å²) in [6, 6.07) is 15.8. The number of aromatic nitrogens is 1. The Morgan fingerprint density at radius 2 is 1.83 bits per heavy atom. The Morgan fingerprint density at radius 1 is 1.10 bits per heavy atom. The van der Waals surface area contributed by atoms with E-state index in [9.17, 15) is 4.79 Å². The molecule has 1 N–H and O–H groups in total. The molecule has 29 heavy (non-hydrogen) atoms. The summed E-state index contributed by atoms with van der Waals surface area (Å²) in [5.41, 5.74) is 3.66. The molecule has 0 aliphatic heterocycles. The van der Waals surface area contributed by atoms with Crippen LogP contribution in [0.25, 0.3) is 11.5 Å². The summed E-state index contributed by atoms with van der Waals surface area (Å²) >= 11 is 1.74. The summed E-state index contributed by atoms with van der Waals surface area (Å²) in [5, 5.41) is 2.88. The summed E-state index contributed by atoms with van der Waals surface area (Å²) in [6.45, 7) is 5.24. The highest BCUT2D eigenvalue weighted by atomic mass is 32.2. The van der Waals surface area contributed by atoms with E-state index in [0.717, 1.165) is 29.2 Å². The molecule has 1 heterocycles. The van der Waals surface area contributed by atoms with Crippen molar-refractivity contribution in [1.82, 2.24) is 10.3 Å². The van der Waals surface area contributed by atoms with E-state index in [2.05, 4.69) is 41.5 Å². The lowest BCUT2D eigenvalue weighted by molar-refractivity contribution is 0.0948. The van der Waals surface area contributed by atoms with Gasteiger partial charge in [0.15, 0.2) is 0 Å². The fourth-order valence-electron chi connectivity index (χ4n) is 2.76. The first-order valence-corrected chi connectivity index (χ1v) is 10.6. The number of methoxy groups -OCH3 is 1. The molecule has 6 heteroatoms. The number of nitrogens with zero attached hydrogens (tertiary/aromatic N) is 1. The van der Waals surface area contributed by atoms with Gasteiger partial charge in [0.25, 0.3) is 5.91 Å². The smallest absolute Gasteiger partial charge is 0.251 e. The highest BCUT2D eigenvalue weighted by Gasteiger charge is 2.13. The molecule has 3 aromatic rings. The molecule has 0 bridgehead atoms. The SMILES string of the molecule is COCCCNC(=O)c1ccc(-c2nc(CSc3ccc(C)cc3)c(C)o2)cc1. The molecule has 5 nitrogen and oxygen atoms in total. The number of carbonyl (C=O) groups is 1. The Hall–Kier alpha value is -2.57. The van der Waals surface area contributed by atoms with Crippen LogP contribution < -0.4 is 5.32 Å². The fraction of sp³-hybridized carbons (Fsp3) is 0.304. The van der Waals surface area contributed by atoms with Crippen molar-refractivity contribution in [3.63, 3.8) is 0 Å². The minimum Gasteiger partial charge on any atom is -0.441 e. The molecular weight excluding hydrogens is 384 g/mol.